The van der Waals surface area contributed by atoms with Crippen LogP contribution in [0.1, 0.15) is 50.5 Å². The van der Waals surface area contributed by atoms with Gasteiger partial charge in [0.25, 0.3) is 0 Å². The van der Waals surface area contributed by atoms with Gasteiger partial charge in [-0.3, -0.25) is 4.79 Å². The van der Waals surface area contributed by atoms with E-state index in [9.17, 15) is 4.79 Å². The van der Waals surface area contributed by atoms with E-state index >= 15 is 0 Å². The smallest absolute Gasteiger partial charge is 0.223 e. The molecule has 0 aliphatic heterocycles. The monoisotopic (exact) mass is 419 g/mol. The Labute approximate surface area is 165 Å². The van der Waals surface area contributed by atoms with E-state index in [2.05, 4.69) is 28.1 Å². The van der Waals surface area contributed by atoms with E-state index < -0.39 is 0 Å². The van der Waals surface area contributed by atoms with Crippen molar-refractivity contribution in [3.8, 4) is 0 Å². The second-order valence-corrected chi connectivity index (χ2v) is 10.8. The average molecular weight is 420 g/mol. The number of rotatable bonds is 7. The van der Waals surface area contributed by atoms with Crippen molar-refractivity contribution in [2.75, 3.05) is 20.3 Å². The molecule has 4 aliphatic rings. The molecule has 0 saturated heterocycles. The first-order valence-corrected chi connectivity index (χ1v) is 10.8. The maximum atomic E-state index is 13.3. The lowest BCUT2D eigenvalue weighted by atomic mass is 9.48. The van der Waals surface area contributed by atoms with Crippen LogP contribution in [0.15, 0.2) is 30.3 Å². The summed E-state index contributed by atoms with van der Waals surface area (Å²) >= 11 is 4.07. The minimum absolute atomic E-state index is 0.229. The third-order valence-corrected chi connectivity index (χ3v) is 7.70. The Bertz CT molecular complexity index is 633. The molecule has 0 aromatic heterocycles. The molecule has 5 rings (SSSR count). The number of alkyl halides is 1. The van der Waals surface area contributed by atoms with Gasteiger partial charge in [0.1, 0.15) is 0 Å². The highest BCUT2D eigenvalue weighted by Gasteiger charge is 2.57. The predicted octanol–water partition coefficient (Wildman–Crippen LogP) is 4.79. The molecule has 4 aliphatic carbocycles. The van der Waals surface area contributed by atoms with Crippen LogP contribution < -0.4 is 0 Å². The number of nitrogens with zero attached hydrogens (tertiary/aromatic N) is 1. The zero-order valence-electron chi connectivity index (χ0n) is 15.8. The van der Waals surface area contributed by atoms with Crippen LogP contribution in [0.25, 0.3) is 0 Å². The van der Waals surface area contributed by atoms with Crippen LogP contribution in [0.4, 0.5) is 0 Å². The van der Waals surface area contributed by atoms with Gasteiger partial charge in [0.15, 0.2) is 0 Å². The molecule has 1 aromatic carbocycles. The number of benzene rings is 1. The molecule has 3 nitrogen and oxygen atoms in total. The van der Waals surface area contributed by atoms with Gasteiger partial charge >= 0.3 is 0 Å². The van der Waals surface area contributed by atoms with Crippen LogP contribution in [0.3, 0.4) is 0 Å². The van der Waals surface area contributed by atoms with Gasteiger partial charge in [-0.1, -0.05) is 46.3 Å². The van der Waals surface area contributed by atoms with Gasteiger partial charge in [-0.05, 0) is 61.3 Å². The van der Waals surface area contributed by atoms with Gasteiger partial charge in [0.05, 0.1) is 6.61 Å². The molecule has 2 unspecified atom stereocenters. The first-order valence-electron chi connectivity index (χ1n) is 9.99. The molecule has 4 bridgehead atoms. The topological polar surface area (TPSA) is 29.5 Å². The highest BCUT2D eigenvalue weighted by molar-refractivity contribution is 9.10. The highest BCUT2D eigenvalue weighted by atomic mass is 79.9. The van der Waals surface area contributed by atoms with E-state index in [4.69, 9.17) is 4.74 Å². The van der Waals surface area contributed by atoms with E-state index in [0.29, 0.717) is 36.3 Å². The molecular formula is C22H30BrNO2. The number of methoxy groups -OCH3 is 1. The third-order valence-electron chi connectivity index (χ3n) is 6.77. The summed E-state index contributed by atoms with van der Waals surface area (Å²) in [5, 5.41) is 0. The van der Waals surface area contributed by atoms with Gasteiger partial charge in [0.2, 0.25) is 5.91 Å². The van der Waals surface area contributed by atoms with Gasteiger partial charge < -0.3 is 9.64 Å². The molecule has 4 fully saturated rings. The Morgan fingerprint density at radius 2 is 1.88 bits per heavy atom. The summed E-state index contributed by atoms with van der Waals surface area (Å²) in [5.41, 5.74) is 1.42. The van der Waals surface area contributed by atoms with Crippen molar-refractivity contribution < 1.29 is 9.53 Å². The summed E-state index contributed by atoms with van der Waals surface area (Å²) in [6, 6.07) is 10.3. The van der Waals surface area contributed by atoms with Gasteiger partial charge in [0, 0.05) is 30.9 Å². The van der Waals surface area contributed by atoms with E-state index in [-0.39, 0.29) is 5.41 Å². The van der Waals surface area contributed by atoms with Crippen molar-refractivity contribution in [2.45, 2.75) is 55.8 Å². The van der Waals surface area contributed by atoms with E-state index in [1.807, 2.05) is 23.1 Å². The largest absolute Gasteiger partial charge is 0.383 e. The lowest BCUT2D eigenvalue weighted by Crippen LogP contribution is -2.54. The fourth-order valence-electron chi connectivity index (χ4n) is 6.27. The Morgan fingerprint density at radius 3 is 2.50 bits per heavy atom. The summed E-state index contributed by atoms with van der Waals surface area (Å²) < 4.78 is 5.58. The molecule has 0 radical (unpaired) electrons. The summed E-state index contributed by atoms with van der Waals surface area (Å²) in [6.07, 6.45) is 8.43. The summed E-state index contributed by atoms with van der Waals surface area (Å²) in [7, 11) is 1.71. The Hall–Kier alpha value is -0.870. The third kappa shape index (κ3) is 3.87. The van der Waals surface area contributed by atoms with Gasteiger partial charge in [-0.15, -0.1) is 0 Å². The molecule has 1 amide bonds. The van der Waals surface area contributed by atoms with Crippen LogP contribution in [0.2, 0.25) is 0 Å². The van der Waals surface area contributed by atoms with Crippen LogP contribution >= 0.6 is 15.9 Å². The average Bonchev–Trinajstić information content (AvgIpc) is 2.56. The number of halogens is 1. The van der Waals surface area contributed by atoms with E-state index in [1.54, 1.807) is 7.11 Å². The number of ether oxygens (including phenoxy) is 1. The SMILES string of the molecule is COCCN(Cc1ccccc1)C(=O)CC12CC3CC(CC(Br)(C3)C1)C2. The maximum Gasteiger partial charge on any atom is 0.223 e. The Kier molecular flexibility index (Phi) is 5.17. The normalized spacial score (nSPS) is 34.8. The Morgan fingerprint density at radius 1 is 1.19 bits per heavy atom. The minimum atomic E-state index is 0.229. The predicted molar refractivity (Wildman–Crippen MR) is 107 cm³/mol. The molecule has 0 heterocycles. The molecule has 0 spiro atoms. The van der Waals surface area contributed by atoms with Gasteiger partial charge in [-0.2, -0.15) is 0 Å². The second-order valence-electron chi connectivity index (χ2n) is 9.08. The van der Waals surface area contributed by atoms with E-state index in [0.717, 1.165) is 11.8 Å². The summed E-state index contributed by atoms with van der Waals surface area (Å²) in [6.45, 7) is 1.96. The molecule has 1 aromatic rings. The molecular weight excluding hydrogens is 390 g/mol. The zero-order chi connectivity index (χ0) is 18.2. The minimum Gasteiger partial charge on any atom is -0.383 e. The van der Waals surface area contributed by atoms with Crippen molar-refractivity contribution in [1.82, 2.24) is 4.90 Å². The van der Waals surface area contributed by atoms with Crippen molar-refractivity contribution in [3.63, 3.8) is 0 Å². The van der Waals surface area contributed by atoms with Gasteiger partial charge in [-0.25, -0.2) is 0 Å². The van der Waals surface area contributed by atoms with Crippen LogP contribution in [0.5, 0.6) is 0 Å². The zero-order valence-corrected chi connectivity index (χ0v) is 17.3. The first-order chi connectivity index (χ1) is 12.5. The standard InChI is InChI=1S/C22H30BrNO2/c1-26-8-7-24(15-17-5-3-2-4-6-17)20(25)14-21-10-18-9-19(11-21)13-22(23,12-18)16-21/h2-6,18-19H,7-16H2,1H3. The highest BCUT2D eigenvalue weighted by Crippen LogP contribution is 2.65. The molecule has 2 atom stereocenters. The van der Waals surface area contributed by atoms with Crippen molar-refractivity contribution in [3.05, 3.63) is 35.9 Å². The number of hydrogen-bond donors (Lipinski definition) is 0. The second kappa shape index (κ2) is 7.27. The van der Waals surface area contributed by atoms with Crippen LogP contribution in [0, 0.1) is 17.3 Å². The number of carbonyl (C=O) groups is 1. The van der Waals surface area contributed by atoms with Crippen molar-refractivity contribution in [2.24, 2.45) is 17.3 Å². The summed E-state index contributed by atoms with van der Waals surface area (Å²) in [4.78, 5) is 15.3. The van der Waals surface area contributed by atoms with Crippen molar-refractivity contribution >= 4 is 21.8 Å². The number of hydrogen-bond acceptors (Lipinski definition) is 2. The Balaban J connectivity index is 1.47. The lowest BCUT2D eigenvalue weighted by Gasteiger charge is -2.60. The molecule has 142 valence electrons. The van der Waals surface area contributed by atoms with Crippen LogP contribution in [-0.4, -0.2) is 35.4 Å². The summed E-state index contributed by atoms with van der Waals surface area (Å²) in [5.74, 6) is 1.96. The number of amides is 1. The maximum absolute atomic E-state index is 13.3. The molecule has 26 heavy (non-hydrogen) atoms. The fourth-order valence-corrected chi connectivity index (χ4v) is 7.78. The lowest BCUT2D eigenvalue weighted by molar-refractivity contribution is -0.139. The molecule has 4 heteroatoms. The molecule has 0 N–H and O–H groups in total. The number of carbonyl (C=O) groups excluding carboxylic acids is 1. The fraction of sp³-hybridized carbons (Fsp3) is 0.682. The van der Waals surface area contributed by atoms with E-state index in [1.165, 1.54) is 44.1 Å². The molecule has 4 saturated carbocycles. The quantitative estimate of drug-likeness (QED) is 0.594. The first kappa shape index (κ1) is 18.5. The van der Waals surface area contributed by atoms with Crippen LogP contribution in [-0.2, 0) is 16.1 Å². The van der Waals surface area contributed by atoms with Crippen molar-refractivity contribution in [1.29, 1.82) is 0 Å².